The van der Waals surface area contributed by atoms with E-state index in [9.17, 15) is 10.2 Å². The smallest absolute Gasteiger partial charge is 0.170 e. The maximum absolute atomic E-state index is 9.83. The first-order valence-corrected chi connectivity index (χ1v) is 5.92. The Morgan fingerprint density at radius 3 is 2.58 bits per heavy atom. The fraction of sp³-hybridized carbons (Fsp3) is 0.286. The van der Waals surface area contributed by atoms with Gasteiger partial charge in [-0.25, -0.2) is 4.68 Å². The summed E-state index contributed by atoms with van der Waals surface area (Å²) >= 11 is 0. The fourth-order valence-corrected chi connectivity index (χ4v) is 1.98. The van der Waals surface area contributed by atoms with Gasteiger partial charge in [0.05, 0.1) is 17.5 Å². The summed E-state index contributed by atoms with van der Waals surface area (Å²) in [4.78, 5) is 0. The van der Waals surface area contributed by atoms with Gasteiger partial charge >= 0.3 is 0 Å². The number of aryl methyl sites for hydroxylation is 2. The summed E-state index contributed by atoms with van der Waals surface area (Å²) in [5, 5.41) is 32.2. The van der Waals surface area contributed by atoms with Crippen LogP contribution in [0.15, 0.2) is 30.3 Å². The standard InChI is InChI=1S/C14H15N3O2/c1-9-6-10(2)17(16-9)12-5-3-4-11(7-12)14(19)13(18)8-15/h3-7,13-14,18-19H,1-2H3. The molecular weight excluding hydrogens is 242 g/mol. The van der Waals surface area contributed by atoms with Gasteiger partial charge in [-0.05, 0) is 37.6 Å². The minimum atomic E-state index is -1.43. The van der Waals surface area contributed by atoms with Crippen molar-refractivity contribution in [2.75, 3.05) is 0 Å². The maximum atomic E-state index is 9.83. The molecule has 0 aliphatic carbocycles. The minimum Gasteiger partial charge on any atom is -0.385 e. The summed E-state index contributed by atoms with van der Waals surface area (Å²) in [6, 6.07) is 10.6. The van der Waals surface area contributed by atoms with E-state index in [4.69, 9.17) is 5.26 Å². The third kappa shape index (κ3) is 2.65. The van der Waals surface area contributed by atoms with Crippen LogP contribution in [-0.4, -0.2) is 26.1 Å². The zero-order chi connectivity index (χ0) is 14.0. The van der Waals surface area contributed by atoms with Crippen molar-refractivity contribution in [1.82, 2.24) is 9.78 Å². The van der Waals surface area contributed by atoms with Crippen LogP contribution in [0.1, 0.15) is 23.1 Å². The molecule has 1 aromatic carbocycles. The van der Waals surface area contributed by atoms with Crippen molar-refractivity contribution in [3.05, 3.63) is 47.3 Å². The van der Waals surface area contributed by atoms with E-state index in [0.29, 0.717) is 5.56 Å². The molecule has 5 nitrogen and oxygen atoms in total. The lowest BCUT2D eigenvalue weighted by Crippen LogP contribution is -2.16. The number of benzene rings is 1. The highest BCUT2D eigenvalue weighted by Crippen LogP contribution is 2.20. The van der Waals surface area contributed by atoms with Crippen LogP contribution in [0.3, 0.4) is 0 Å². The van der Waals surface area contributed by atoms with Gasteiger partial charge in [-0.2, -0.15) is 10.4 Å². The average Bonchev–Trinajstić information content (AvgIpc) is 2.76. The molecule has 0 radical (unpaired) electrons. The molecule has 1 heterocycles. The highest BCUT2D eigenvalue weighted by Gasteiger charge is 2.18. The Labute approximate surface area is 111 Å². The van der Waals surface area contributed by atoms with Gasteiger partial charge < -0.3 is 10.2 Å². The largest absolute Gasteiger partial charge is 0.385 e. The first kappa shape index (κ1) is 13.3. The summed E-state index contributed by atoms with van der Waals surface area (Å²) in [7, 11) is 0. The number of hydrogen-bond donors (Lipinski definition) is 2. The normalized spacial score (nSPS) is 13.8. The van der Waals surface area contributed by atoms with Crippen LogP contribution >= 0.6 is 0 Å². The molecular formula is C14H15N3O2. The van der Waals surface area contributed by atoms with Crippen molar-refractivity contribution in [3.8, 4) is 11.8 Å². The minimum absolute atomic E-state index is 0.485. The van der Waals surface area contributed by atoms with Gasteiger partial charge in [0.25, 0.3) is 0 Å². The number of hydrogen-bond acceptors (Lipinski definition) is 4. The summed E-state index contributed by atoms with van der Waals surface area (Å²) in [5.41, 5.74) is 3.15. The van der Waals surface area contributed by atoms with E-state index >= 15 is 0 Å². The van der Waals surface area contributed by atoms with Gasteiger partial charge in [0.2, 0.25) is 0 Å². The molecule has 98 valence electrons. The van der Waals surface area contributed by atoms with Crippen LogP contribution in [0.5, 0.6) is 0 Å². The average molecular weight is 257 g/mol. The van der Waals surface area contributed by atoms with Gasteiger partial charge in [0.15, 0.2) is 6.10 Å². The maximum Gasteiger partial charge on any atom is 0.170 e. The first-order chi connectivity index (χ1) is 9.02. The number of rotatable bonds is 3. The molecule has 0 fully saturated rings. The highest BCUT2D eigenvalue weighted by atomic mass is 16.3. The van der Waals surface area contributed by atoms with Crippen LogP contribution < -0.4 is 0 Å². The SMILES string of the molecule is Cc1cc(C)n(-c2cccc(C(O)C(O)C#N)c2)n1. The Hall–Kier alpha value is -2.16. The van der Waals surface area contributed by atoms with Crippen LogP contribution in [0.2, 0.25) is 0 Å². The zero-order valence-electron chi connectivity index (χ0n) is 10.8. The van der Waals surface area contributed by atoms with Crippen LogP contribution in [0.25, 0.3) is 5.69 Å². The van der Waals surface area contributed by atoms with Gasteiger partial charge in [0, 0.05) is 5.69 Å². The Morgan fingerprint density at radius 1 is 1.26 bits per heavy atom. The van der Waals surface area contributed by atoms with Crippen molar-refractivity contribution in [1.29, 1.82) is 5.26 Å². The summed E-state index contributed by atoms with van der Waals surface area (Å²) in [6.07, 6.45) is -2.65. The molecule has 2 atom stereocenters. The number of aliphatic hydroxyl groups excluding tert-OH is 2. The third-order valence-corrected chi connectivity index (χ3v) is 2.90. The molecule has 0 spiro atoms. The molecule has 0 saturated carbocycles. The molecule has 0 amide bonds. The van der Waals surface area contributed by atoms with Gasteiger partial charge in [0.1, 0.15) is 6.10 Å². The molecule has 5 heteroatoms. The summed E-state index contributed by atoms with van der Waals surface area (Å²) in [5.74, 6) is 0. The molecule has 1 aromatic heterocycles. The second-order valence-electron chi connectivity index (χ2n) is 4.45. The molecule has 19 heavy (non-hydrogen) atoms. The van der Waals surface area contributed by atoms with Crippen molar-refractivity contribution >= 4 is 0 Å². The number of aliphatic hydroxyl groups is 2. The number of nitrogens with zero attached hydrogens (tertiary/aromatic N) is 3. The van der Waals surface area contributed by atoms with E-state index in [2.05, 4.69) is 5.10 Å². The monoisotopic (exact) mass is 257 g/mol. The second kappa shape index (κ2) is 5.22. The molecule has 2 aromatic rings. The van der Waals surface area contributed by atoms with E-state index in [1.807, 2.05) is 26.0 Å². The van der Waals surface area contributed by atoms with Crippen LogP contribution in [0.4, 0.5) is 0 Å². The predicted molar refractivity (Wildman–Crippen MR) is 69.6 cm³/mol. The Balaban J connectivity index is 2.40. The van der Waals surface area contributed by atoms with Crippen LogP contribution in [0, 0.1) is 25.2 Å². The first-order valence-electron chi connectivity index (χ1n) is 5.92. The fourth-order valence-electron chi connectivity index (χ4n) is 1.98. The lowest BCUT2D eigenvalue weighted by atomic mass is 10.0. The van der Waals surface area contributed by atoms with Crippen molar-refractivity contribution in [2.45, 2.75) is 26.1 Å². The summed E-state index contributed by atoms with van der Waals surface area (Å²) < 4.78 is 1.75. The van der Waals surface area contributed by atoms with E-state index in [-0.39, 0.29) is 0 Å². The molecule has 2 unspecified atom stereocenters. The molecule has 2 N–H and O–H groups in total. The molecule has 0 aliphatic heterocycles. The molecule has 0 saturated heterocycles. The second-order valence-corrected chi connectivity index (χ2v) is 4.45. The highest BCUT2D eigenvalue weighted by molar-refractivity contribution is 5.38. The third-order valence-electron chi connectivity index (χ3n) is 2.90. The van der Waals surface area contributed by atoms with Crippen LogP contribution in [-0.2, 0) is 0 Å². The molecule has 0 aliphatic rings. The molecule has 2 rings (SSSR count). The Morgan fingerprint density at radius 2 is 2.00 bits per heavy atom. The van der Waals surface area contributed by atoms with Gasteiger partial charge in [-0.3, -0.25) is 0 Å². The number of nitriles is 1. The van der Waals surface area contributed by atoms with E-state index < -0.39 is 12.2 Å². The van der Waals surface area contributed by atoms with Crippen molar-refractivity contribution in [2.24, 2.45) is 0 Å². The quantitative estimate of drug-likeness (QED) is 0.814. The van der Waals surface area contributed by atoms with E-state index in [1.54, 1.807) is 29.0 Å². The number of aromatic nitrogens is 2. The summed E-state index contributed by atoms with van der Waals surface area (Å²) in [6.45, 7) is 3.84. The van der Waals surface area contributed by atoms with E-state index in [0.717, 1.165) is 17.1 Å². The predicted octanol–water partition coefficient (Wildman–Crippen LogP) is 1.41. The zero-order valence-corrected chi connectivity index (χ0v) is 10.8. The Bertz CT molecular complexity index is 628. The molecule has 0 bridgehead atoms. The van der Waals surface area contributed by atoms with Gasteiger partial charge in [-0.15, -0.1) is 0 Å². The lowest BCUT2D eigenvalue weighted by molar-refractivity contribution is 0.0528. The van der Waals surface area contributed by atoms with Gasteiger partial charge in [-0.1, -0.05) is 12.1 Å². The van der Waals surface area contributed by atoms with Crippen molar-refractivity contribution < 1.29 is 10.2 Å². The topological polar surface area (TPSA) is 82.1 Å². The van der Waals surface area contributed by atoms with Crippen molar-refractivity contribution in [3.63, 3.8) is 0 Å². The van der Waals surface area contributed by atoms with E-state index in [1.165, 1.54) is 0 Å². The lowest BCUT2D eigenvalue weighted by Gasteiger charge is -2.13. The Kier molecular flexibility index (Phi) is 3.65.